The summed E-state index contributed by atoms with van der Waals surface area (Å²) in [5.74, 6) is 0.185. The molecule has 0 amide bonds. The van der Waals surface area contributed by atoms with Crippen molar-refractivity contribution < 1.29 is 4.39 Å². The third-order valence-corrected chi connectivity index (χ3v) is 4.22. The summed E-state index contributed by atoms with van der Waals surface area (Å²) in [4.78, 5) is 0. The fraction of sp³-hybridized carbons (Fsp3) is 0.154. The van der Waals surface area contributed by atoms with Crippen LogP contribution in [0.2, 0.25) is 5.15 Å². The summed E-state index contributed by atoms with van der Waals surface area (Å²) in [6.07, 6.45) is 0. The van der Waals surface area contributed by atoms with E-state index in [-0.39, 0.29) is 5.82 Å². The first kappa shape index (κ1) is 13.5. The number of aryl methyl sites for hydroxylation is 1. The zero-order valence-electron chi connectivity index (χ0n) is 10.7. The van der Waals surface area contributed by atoms with Crippen LogP contribution in [0.1, 0.15) is 11.1 Å². The van der Waals surface area contributed by atoms with Gasteiger partial charge in [-0.1, -0.05) is 11.6 Å². The molecule has 0 saturated carbocycles. The van der Waals surface area contributed by atoms with Crippen LogP contribution in [0.3, 0.4) is 0 Å². The van der Waals surface area contributed by atoms with Crippen LogP contribution in [0.15, 0.2) is 22.7 Å². The van der Waals surface area contributed by atoms with Gasteiger partial charge in [-0.2, -0.15) is 9.61 Å². The maximum absolute atomic E-state index is 13.2. The van der Waals surface area contributed by atoms with Crippen LogP contribution in [0.5, 0.6) is 0 Å². The summed E-state index contributed by atoms with van der Waals surface area (Å²) in [6.45, 7) is 3.79. The smallest absolute Gasteiger partial charge is 0.186 e. The van der Waals surface area contributed by atoms with E-state index in [4.69, 9.17) is 11.6 Å². The molecule has 0 N–H and O–H groups in total. The van der Waals surface area contributed by atoms with Gasteiger partial charge in [0.1, 0.15) is 5.82 Å². The molecule has 3 aromatic rings. The lowest BCUT2D eigenvalue weighted by Crippen LogP contribution is -2.00. The summed E-state index contributed by atoms with van der Waals surface area (Å²) in [7, 11) is 0. The van der Waals surface area contributed by atoms with Gasteiger partial charge in [0.2, 0.25) is 0 Å². The van der Waals surface area contributed by atoms with Crippen LogP contribution in [0.25, 0.3) is 17.0 Å². The van der Waals surface area contributed by atoms with Gasteiger partial charge in [0.15, 0.2) is 16.6 Å². The maximum atomic E-state index is 13.2. The van der Waals surface area contributed by atoms with Gasteiger partial charge in [-0.3, -0.25) is 0 Å². The largest absolute Gasteiger partial charge is 0.207 e. The van der Waals surface area contributed by atoms with E-state index in [9.17, 15) is 4.39 Å². The summed E-state index contributed by atoms with van der Waals surface area (Å²) in [5, 5.41) is 13.0. The van der Waals surface area contributed by atoms with E-state index in [2.05, 4.69) is 31.2 Å². The molecule has 0 atom stereocenters. The first-order chi connectivity index (χ1) is 9.49. The van der Waals surface area contributed by atoms with Crippen molar-refractivity contribution >= 4 is 33.2 Å². The number of hydrogen-bond acceptors (Lipinski definition) is 3. The van der Waals surface area contributed by atoms with Crippen molar-refractivity contribution in [1.82, 2.24) is 19.8 Å². The molecule has 2 aromatic heterocycles. The Labute approximate surface area is 127 Å². The molecule has 1 aromatic carbocycles. The second-order valence-electron chi connectivity index (χ2n) is 4.42. The summed E-state index contributed by atoms with van der Waals surface area (Å²) in [6, 6.07) is 4.36. The number of halogens is 3. The molecule has 0 aliphatic carbocycles. The van der Waals surface area contributed by atoms with Crippen molar-refractivity contribution in [3.63, 3.8) is 0 Å². The van der Waals surface area contributed by atoms with Gasteiger partial charge in [-0.05, 0) is 53.5 Å². The lowest BCUT2D eigenvalue weighted by atomic mass is 10.2. The normalized spacial score (nSPS) is 11.2. The fourth-order valence-electron chi connectivity index (χ4n) is 1.93. The monoisotopic (exact) mass is 354 g/mol. The molecule has 2 heterocycles. The Morgan fingerprint density at radius 1 is 1.20 bits per heavy atom. The minimum absolute atomic E-state index is 0.326. The second kappa shape index (κ2) is 4.79. The summed E-state index contributed by atoms with van der Waals surface area (Å²) < 4.78 is 15.3. The molecule has 3 rings (SSSR count). The van der Waals surface area contributed by atoms with Gasteiger partial charge in [-0.15, -0.1) is 10.2 Å². The van der Waals surface area contributed by atoms with E-state index in [0.29, 0.717) is 26.7 Å². The number of hydrogen-bond donors (Lipinski definition) is 0. The number of nitrogens with zero attached hydrogens (tertiary/aromatic N) is 4. The van der Waals surface area contributed by atoms with E-state index in [0.717, 1.165) is 11.1 Å². The zero-order valence-corrected chi connectivity index (χ0v) is 13.0. The highest BCUT2D eigenvalue weighted by Gasteiger charge is 2.16. The molecule has 102 valence electrons. The van der Waals surface area contributed by atoms with Gasteiger partial charge >= 0.3 is 0 Å². The predicted octanol–water partition coefficient (Wildman–Crippen LogP) is 3.96. The Bertz CT molecular complexity index is 831. The number of rotatable bonds is 1. The predicted molar refractivity (Wildman–Crippen MR) is 78.4 cm³/mol. The topological polar surface area (TPSA) is 43.1 Å². The zero-order chi connectivity index (χ0) is 14.4. The van der Waals surface area contributed by atoms with E-state index < -0.39 is 0 Å². The van der Waals surface area contributed by atoms with Gasteiger partial charge in [0.25, 0.3) is 0 Å². The van der Waals surface area contributed by atoms with E-state index in [1.807, 2.05) is 13.8 Å². The van der Waals surface area contributed by atoms with Crippen molar-refractivity contribution in [3.8, 4) is 11.4 Å². The Hall–Kier alpha value is -1.53. The van der Waals surface area contributed by atoms with Crippen molar-refractivity contribution in [2.45, 2.75) is 13.8 Å². The second-order valence-corrected chi connectivity index (χ2v) is 5.64. The van der Waals surface area contributed by atoms with E-state index >= 15 is 0 Å². The van der Waals surface area contributed by atoms with Gasteiger partial charge in [0, 0.05) is 15.6 Å². The van der Waals surface area contributed by atoms with Crippen molar-refractivity contribution in [3.05, 3.63) is 44.8 Å². The van der Waals surface area contributed by atoms with E-state index in [1.165, 1.54) is 12.1 Å². The van der Waals surface area contributed by atoms with Crippen LogP contribution in [-0.2, 0) is 0 Å². The average Bonchev–Trinajstić information content (AvgIpc) is 2.80. The molecule has 0 aliphatic rings. The highest BCUT2D eigenvalue weighted by atomic mass is 79.9. The van der Waals surface area contributed by atoms with Crippen LogP contribution in [0.4, 0.5) is 4.39 Å². The first-order valence-corrected chi connectivity index (χ1v) is 6.99. The fourth-order valence-corrected chi connectivity index (χ4v) is 2.68. The van der Waals surface area contributed by atoms with Crippen LogP contribution < -0.4 is 0 Å². The molecule has 0 saturated heterocycles. The quantitative estimate of drug-likeness (QED) is 0.663. The van der Waals surface area contributed by atoms with Crippen LogP contribution in [0, 0.1) is 19.7 Å². The minimum atomic E-state index is -0.326. The highest BCUT2D eigenvalue weighted by molar-refractivity contribution is 9.10. The van der Waals surface area contributed by atoms with Gasteiger partial charge in [0.05, 0.1) is 0 Å². The molecule has 0 aliphatic heterocycles. The molecule has 0 fully saturated rings. The molecule has 0 radical (unpaired) electrons. The third kappa shape index (κ3) is 1.99. The molecule has 7 heteroatoms. The molecule has 20 heavy (non-hydrogen) atoms. The van der Waals surface area contributed by atoms with Crippen LogP contribution in [-0.4, -0.2) is 19.8 Å². The van der Waals surface area contributed by atoms with E-state index in [1.54, 1.807) is 10.6 Å². The SMILES string of the molecule is Cc1c(Cl)nn2c(-c3ccc(F)cc3Br)nnc2c1C. The van der Waals surface area contributed by atoms with Gasteiger partial charge in [-0.25, -0.2) is 4.39 Å². The first-order valence-electron chi connectivity index (χ1n) is 5.82. The van der Waals surface area contributed by atoms with Crippen molar-refractivity contribution in [2.24, 2.45) is 0 Å². The summed E-state index contributed by atoms with van der Waals surface area (Å²) >= 11 is 9.44. The number of benzene rings is 1. The van der Waals surface area contributed by atoms with Gasteiger partial charge < -0.3 is 0 Å². The van der Waals surface area contributed by atoms with Crippen molar-refractivity contribution in [1.29, 1.82) is 0 Å². The molecule has 0 spiro atoms. The summed E-state index contributed by atoms with van der Waals surface area (Å²) in [5.41, 5.74) is 3.13. The molecule has 4 nitrogen and oxygen atoms in total. The lowest BCUT2D eigenvalue weighted by Gasteiger charge is -2.06. The average molecular weight is 356 g/mol. The number of aromatic nitrogens is 4. The lowest BCUT2D eigenvalue weighted by molar-refractivity contribution is 0.627. The number of fused-ring (bicyclic) bond motifs is 1. The maximum Gasteiger partial charge on any atom is 0.186 e. The Morgan fingerprint density at radius 2 is 1.95 bits per heavy atom. The molecule has 0 unspecified atom stereocenters. The Kier molecular flexibility index (Phi) is 3.22. The molecule has 0 bridgehead atoms. The Morgan fingerprint density at radius 3 is 2.65 bits per heavy atom. The Balaban J connectivity index is 2.33. The standard InChI is InChI=1S/C13H9BrClFN4/c1-6-7(2)12-17-18-13(20(12)19-11(6)15)9-4-3-8(16)5-10(9)14/h3-5H,1-2H3. The third-order valence-electron chi connectivity index (χ3n) is 3.21. The minimum Gasteiger partial charge on any atom is -0.207 e. The van der Waals surface area contributed by atoms with Crippen LogP contribution >= 0.6 is 27.5 Å². The molecular weight excluding hydrogens is 347 g/mol. The molecular formula is C13H9BrClFN4. The van der Waals surface area contributed by atoms with Crippen molar-refractivity contribution in [2.75, 3.05) is 0 Å². The highest BCUT2D eigenvalue weighted by Crippen LogP contribution is 2.29.